The lowest BCUT2D eigenvalue weighted by molar-refractivity contribution is 1.15. The van der Waals surface area contributed by atoms with E-state index in [1.54, 1.807) is 6.07 Å². The Morgan fingerprint density at radius 3 is 2.79 bits per heavy atom. The largest absolute Gasteiger partial charge is 0.343 e. The topological polar surface area (TPSA) is 87.3 Å². The zero-order valence-electron chi connectivity index (χ0n) is 6.98. The Balaban J connectivity index is 2.63. The summed E-state index contributed by atoms with van der Waals surface area (Å²) in [6.45, 7) is 0. The van der Waals surface area contributed by atoms with Gasteiger partial charge in [-0.15, -0.1) is 0 Å². The van der Waals surface area contributed by atoms with E-state index >= 15 is 0 Å². The zero-order valence-corrected chi connectivity index (χ0v) is 6.98. The van der Waals surface area contributed by atoms with Crippen LogP contribution >= 0.6 is 0 Å². The predicted molar refractivity (Wildman–Crippen MR) is 49.8 cm³/mol. The highest BCUT2D eigenvalue weighted by molar-refractivity contribution is 5.86. The van der Waals surface area contributed by atoms with Crippen molar-refractivity contribution >= 4 is 22.2 Å². The van der Waals surface area contributed by atoms with E-state index < -0.39 is 0 Å². The summed E-state index contributed by atoms with van der Waals surface area (Å²) in [5.74, 6) is 0. The summed E-state index contributed by atoms with van der Waals surface area (Å²) < 4.78 is 0. The lowest BCUT2D eigenvalue weighted by Gasteiger charge is -1.93. The Morgan fingerprint density at radius 2 is 1.86 bits per heavy atom. The normalized spacial score (nSPS) is 11.1. The Kier molecular flexibility index (Phi) is 1.22. The van der Waals surface area contributed by atoms with Gasteiger partial charge in [0.15, 0.2) is 11.3 Å². The molecule has 0 spiro atoms. The smallest absolute Gasteiger partial charge is 0.260 e. The van der Waals surface area contributed by atoms with E-state index in [1.165, 1.54) is 12.7 Å². The summed E-state index contributed by atoms with van der Waals surface area (Å²) in [4.78, 5) is 28.8. The van der Waals surface area contributed by atoms with Crippen LogP contribution < -0.4 is 5.56 Å². The Labute approximate surface area is 77.0 Å². The highest BCUT2D eigenvalue weighted by Crippen LogP contribution is 2.10. The second kappa shape index (κ2) is 2.38. The minimum atomic E-state index is -0.195. The van der Waals surface area contributed by atoms with Crippen molar-refractivity contribution in [3.05, 3.63) is 29.1 Å². The van der Waals surface area contributed by atoms with E-state index in [9.17, 15) is 4.79 Å². The van der Waals surface area contributed by atoms with Crippen molar-refractivity contribution in [3.8, 4) is 0 Å². The van der Waals surface area contributed by atoms with E-state index in [4.69, 9.17) is 0 Å². The van der Waals surface area contributed by atoms with Gasteiger partial charge < -0.3 is 9.97 Å². The van der Waals surface area contributed by atoms with E-state index in [-0.39, 0.29) is 5.56 Å². The van der Waals surface area contributed by atoms with Crippen LogP contribution in [0.4, 0.5) is 0 Å². The van der Waals surface area contributed by atoms with Crippen LogP contribution in [0.1, 0.15) is 0 Å². The number of nitrogens with one attached hydrogen (secondary N) is 2. The second-order valence-corrected chi connectivity index (χ2v) is 2.86. The van der Waals surface area contributed by atoms with Gasteiger partial charge in [0.1, 0.15) is 0 Å². The molecule has 0 radical (unpaired) electrons. The molecule has 0 aliphatic rings. The molecule has 0 aromatic carbocycles. The number of imidazole rings is 1. The fourth-order valence-electron chi connectivity index (χ4n) is 1.36. The average Bonchev–Trinajstić information content (AvgIpc) is 2.62. The third kappa shape index (κ3) is 0.846. The van der Waals surface area contributed by atoms with Crippen molar-refractivity contribution in [2.45, 2.75) is 0 Å². The fourth-order valence-corrected chi connectivity index (χ4v) is 1.36. The molecule has 3 rings (SSSR count). The van der Waals surface area contributed by atoms with Crippen molar-refractivity contribution in [1.29, 1.82) is 0 Å². The standard InChI is InChI=1S/C8H5N5O/c14-8-4-1-5-7(11-2-9-5)13-6(4)10-3-12-8/h1-3H,(H2,9,10,11,12,13,14). The first kappa shape index (κ1) is 7.19. The molecule has 68 valence electrons. The number of aromatic nitrogens is 5. The molecule has 0 aliphatic heterocycles. The summed E-state index contributed by atoms with van der Waals surface area (Å²) in [5, 5.41) is 0.462. The monoisotopic (exact) mass is 187 g/mol. The molecule has 0 aliphatic carbocycles. The van der Waals surface area contributed by atoms with Gasteiger partial charge in [0, 0.05) is 0 Å². The van der Waals surface area contributed by atoms with Crippen LogP contribution in [0, 0.1) is 0 Å². The summed E-state index contributed by atoms with van der Waals surface area (Å²) in [6.07, 6.45) is 2.86. The van der Waals surface area contributed by atoms with E-state index in [0.29, 0.717) is 16.7 Å². The minimum Gasteiger partial charge on any atom is -0.343 e. The van der Waals surface area contributed by atoms with Gasteiger partial charge in [0.05, 0.1) is 23.6 Å². The van der Waals surface area contributed by atoms with E-state index in [2.05, 4.69) is 24.9 Å². The molecule has 0 atom stereocenters. The molecule has 6 nitrogen and oxygen atoms in total. The molecule has 0 saturated heterocycles. The third-order valence-electron chi connectivity index (χ3n) is 2.02. The number of nitrogens with zero attached hydrogens (tertiary/aromatic N) is 3. The van der Waals surface area contributed by atoms with Crippen LogP contribution in [0.2, 0.25) is 0 Å². The molecule has 3 heterocycles. The zero-order chi connectivity index (χ0) is 9.54. The van der Waals surface area contributed by atoms with Crippen molar-refractivity contribution in [2.75, 3.05) is 0 Å². The van der Waals surface area contributed by atoms with Gasteiger partial charge in [-0.05, 0) is 6.07 Å². The van der Waals surface area contributed by atoms with Crippen LogP contribution in [0.25, 0.3) is 22.2 Å². The first-order chi connectivity index (χ1) is 6.84. The molecular weight excluding hydrogens is 182 g/mol. The maximum Gasteiger partial charge on any atom is 0.260 e. The van der Waals surface area contributed by atoms with Gasteiger partial charge in [-0.1, -0.05) is 0 Å². The molecule has 0 bridgehead atoms. The van der Waals surface area contributed by atoms with Gasteiger partial charge in [-0.3, -0.25) is 4.79 Å². The number of aromatic amines is 2. The van der Waals surface area contributed by atoms with E-state index in [1.807, 2.05) is 0 Å². The summed E-state index contributed by atoms with van der Waals surface area (Å²) in [5.41, 5.74) is 1.51. The maximum atomic E-state index is 11.4. The number of hydrogen-bond donors (Lipinski definition) is 2. The van der Waals surface area contributed by atoms with Crippen LogP contribution in [-0.2, 0) is 0 Å². The molecule has 14 heavy (non-hydrogen) atoms. The quantitative estimate of drug-likeness (QED) is 0.526. The van der Waals surface area contributed by atoms with Gasteiger partial charge in [-0.25, -0.2) is 15.0 Å². The predicted octanol–water partition coefficient (Wildman–Crippen LogP) is 0.194. The van der Waals surface area contributed by atoms with E-state index in [0.717, 1.165) is 5.52 Å². The first-order valence-electron chi connectivity index (χ1n) is 4.02. The van der Waals surface area contributed by atoms with Crippen LogP contribution in [0.5, 0.6) is 0 Å². The Morgan fingerprint density at radius 1 is 1.07 bits per heavy atom. The van der Waals surface area contributed by atoms with Crippen molar-refractivity contribution in [3.63, 3.8) is 0 Å². The molecule has 3 aromatic rings. The SMILES string of the molecule is O=c1[nH]cnc2nc3nc[nH]c3cc12. The summed E-state index contributed by atoms with van der Waals surface area (Å²) >= 11 is 0. The summed E-state index contributed by atoms with van der Waals surface area (Å²) in [7, 11) is 0. The maximum absolute atomic E-state index is 11.4. The second-order valence-electron chi connectivity index (χ2n) is 2.86. The van der Waals surface area contributed by atoms with Gasteiger partial charge in [-0.2, -0.15) is 0 Å². The van der Waals surface area contributed by atoms with Crippen molar-refractivity contribution in [1.82, 2.24) is 24.9 Å². The van der Waals surface area contributed by atoms with Crippen LogP contribution in [-0.4, -0.2) is 24.9 Å². The van der Waals surface area contributed by atoms with Gasteiger partial charge in [0.25, 0.3) is 5.56 Å². The lowest BCUT2D eigenvalue weighted by Crippen LogP contribution is -2.06. The molecule has 0 saturated carbocycles. The number of hydrogen-bond acceptors (Lipinski definition) is 4. The number of fused-ring (bicyclic) bond motifs is 2. The molecule has 3 aromatic heterocycles. The molecular formula is C8H5N5O. The fraction of sp³-hybridized carbons (Fsp3) is 0. The molecule has 2 N–H and O–H groups in total. The molecule has 6 heteroatoms. The first-order valence-corrected chi connectivity index (χ1v) is 4.02. The highest BCUT2D eigenvalue weighted by atomic mass is 16.1. The van der Waals surface area contributed by atoms with Crippen LogP contribution in [0.3, 0.4) is 0 Å². The Hall–Kier alpha value is -2.24. The van der Waals surface area contributed by atoms with Gasteiger partial charge in [0.2, 0.25) is 0 Å². The molecule has 0 amide bonds. The minimum absolute atomic E-state index is 0.195. The highest BCUT2D eigenvalue weighted by Gasteiger charge is 2.04. The molecule has 0 unspecified atom stereocenters. The van der Waals surface area contributed by atoms with Crippen molar-refractivity contribution in [2.24, 2.45) is 0 Å². The number of rotatable bonds is 0. The van der Waals surface area contributed by atoms with Crippen LogP contribution in [0.15, 0.2) is 23.5 Å². The number of pyridine rings is 1. The average molecular weight is 187 g/mol. The molecule has 0 fully saturated rings. The summed E-state index contributed by atoms with van der Waals surface area (Å²) in [6, 6.07) is 1.69. The lowest BCUT2D eigenvalue weighted by atomic mass is 10.3. The third-order valence-corrected chi connectivity index (χ3v) is 2.02. The Bertz CT molecular complexity index is 668. The van der Waals surface area contributed by atoms with Gasteiger partial charge >= 0.3 is 0 Å². The number of H-pyrrole nitrogens is 2. The van der Waals surface area contributed by atoms with Crippen molar-refractivity contribution < 1.29 is 0 Å².